The molecule has 1 atom stereocenters. The van der Waals surface area contributed by atoms with E-state index in [1.54, 1.807) is 0 Å². The minimum absolute atomic E-state index is 0.461. The number of nitrogens with zero attached hydrogens (tertiary/aromatic N) is 2. The lowest BCUT2D eigenvalue weighted by molar-refractivity contribution is 0.187. The van der Waals surface area contributed by atoms with Crippen molar-refractivity contribution in [3.8, 4) is 10.6 Å². The van der Waals surface area contributed by atoms with Crippen LogP contribution in [0.5, 0.6) is 0 Å². The van der Waals surface area contributed by atoms with Crippen LogP contribution in [0.3, 0.4) is 0 Å². The van der Waals surface area contributed by atoms with Crippen LogP contribution in [0, 0.1) is 13.8 Å². The molecule has 0 saturated carbocycles. The second kappa shape index (κ2) is 6.26. The van der Waals surface area contributed by atoms with Gasteiger partial charge < -0.3 is 5.32 Å². The van der Waals surface area contributed by atoms with Crippen molar-refractivity contribution in [3.63, 3.8) is 0 Å². The van der Waals surface area contributed by atoms with Crippen molar-refractivity contribution in [2.45, 2.75) is 26.8 Å². The maximum Gasteiger partial charge on any atom is 0.123 e. The molecule has 1 fully saturated rings. The van der Waals surface area contributed by atoms with Crippen LogP contribution in [0.15, 0.2) is 24.3 Å². The molecule has 1 saturated heterocycles. The zero-order valence-corrected chi connectivity index (χ0v) is 13.8. The van der Waals surface area contributed by atoms with Gasteiger partial charge in [-0.15, -0.1) is 11.3 Å². The lowest BCUT2D eigenvalue weighted by Gasteiger charge is -2.32. The fourth-order valence-corrected chi connectivity index (χ4v) is 4.08. The van der Waals surface area contributed by atoms with Crippen LogP contribution >= 0.6 is 11.3 Å². The highest BCUT2D eigenvalue weighted by molar-refractivity contribution is 7.15. The minimum Gasteiger partial charge on any atom is -0.314 e. The minimum atomic E-state index is 0.461. The first-order chi connectivity index (χ1) is 10.1. The lowest BCUT2D eigenvalue weighted by Crippen LogP contribution is -2.44. The second-order valence-corrected chi connectivity index (χ2v) is 6.83. The average Bonchev–Trinajstić information content (AvgIpc) is 2.89. The van der Waals surface area contributed by atoms with Crippen molar-refractivity contribution < 1.29 is 0 Å². The van der Waals surface area contributed by atoms with E-state index in [4.69, 9.17) is 4.98 Å². The molecule has 1 aromatic carbocycles. The van der Waals surface area contributed by atoms with E-state index < -0.39 is 0 Å². The summed E-state index contributed by atoms with van der Waals surface area (Å²) in [5, 5.41) is 4.57. The Morgan fingerprint density at radius 2 is 2.00 bits per heavy atom. The van der Waals surface area contributed by atoms with Crippen LogP contribution in [-0.2, 0) is 0 Å². The molecule has 1 unspecified atom stereocenters. The molecule has 1 aliphatic rings. The Balaban J connectivity index is 1.87. The Morgan fingerprint density at radius 3 is 2.71 bits per heavy atom. The first-order valence-corrected chi connectivity index (χ1v) is 8.46. The van der Waals surface area contributed by atoms with Crippen molar-refractivity contribution >= 4 is 11.3 Å². The average molecular weight is 301 g/mol. The van der Waals surface area contributed by atoms with Gasteiger partial charge in [0.05, 0.1) is 5.69 Å². The fraction of sp³-hybridized carbons (Fsp3) is 0.471. The molecule has 0 aliphatic carbocycles. The van der Waals surface area contributed by atoms with E-state index in [1.165, 1.54) is 21.7 Å². The predicted molar refractivity (Wildman–Crippen MR) is 89.9 cm³/mol. The molecule has 2 aromatic rings. The first kappa shape index (κ1) is 14.7. The second-order valence-electron chi connectivity index (χ2n) is 5.80. The lowest BCUT2D eigenvalue weighted by atomic mass is 10.1. The Morgan fingerprint density at radius 1 is 1.24 bits per heavy atom. The number of hydrogen-bond donors (Lipinski definition) is 1. The third kappa shape index (κ3) is 3.18. The van der Waals surface area contributed by atoms with Gasteiger partial charge in [-0.05, 0) is 26.8 Å². The van der Waals surface area contributed by atoms with Crippen LogP contribution in [0.2, 0.25) is 0 Å². The SMILES string of the molecule is Cc1cccc(-c2nc(C)c(C(C)N3CCNCC3)s2)c1. The molecular formula is C17H23N3S. The summed E-state index contributed by atoms with van der Waals surface area (Å²) < 4.78 is 0. The molecule has 4 heteroatoms. The number of nitrogens with one attached hydrogen (secondary N) is 1. The largest absolute Gasteiger partial charge is 0.314 e. The van der Waals surface area contributed by atoms with Gasteiger partial charge in [-0.25, -0.2) is 4.98 Å². The standard InChI is InChI=1S/C17H23N3S/c1-12-5-4-6-15(11-12)17-19-13(2)16(21-17)14(3)20-9-7-18-8-10-20/h4-6,11,14,18H,7-10H2,1-3H3. The van der Waals surface area contributed by atoms with Gasteiger partial charge in [-0.2, -0.15) is 0 Å². The van der Waals surface area contributed by atoms with Crippen molar-refractivity contribution in [1.82, 2.24) is 15.2 Å². The maximum atomic E-state index is 4.81. The van der Waals surface area contributed by atoms with Gasteiger partial charge in [0.25, 0.3) is 0 Å². The monoisotopic (exact) mass is 301 g/mol. The summed E-state index contributed by atoms with van der Waals surface area (Å²) in [5.41, 5.74) is 3.71. The normalized spacial score (nSPS) is 17.9. The van der Waals surface area contributed by atoms with E-state index in [-0.39, 0.29) is 0 Å². The maximum absolute atomic E-state index is 4.81. The number of benzene rings is 1. The van der Waals surface area contributed by atoms with E-state index in [1.807, 2.05) is 11.3 Å². The molecule has 112 valence electrons. The first-order valence-electron chi connectivity index (χ1n) is 7.64. The molecule has 3 rings (SSSR count). The quantitative estimate of drug-likeness (QED) is 0.942. The molecule has 3 nitrogen and oxygen atoms in total. The van der Waals surface area contributed by atoms with Gasteiger partial charge in [0.2, 0.25) is 0 Å². The number of thiazole rings is 1. The molecule has 1 N–H and O–H groups in total. The van der Waals surface area contributed by atoms with E-state index in [0.717, 1.165) is 31.2 Å². The summed E-state index contributed by atoms with van der Waals surface area (Å²) in [6.07, 6.45) is 0. The summed E-state index contributed by atoms with van der Waals surface area (Å²) >= 11 is 1.85. The van der Waals surface area contributed by atoms with Crippen LogP contribution in [0.25, 0.3) is 10.6 Å². The van der Waals surface area contributed by atoms with Crippen LogP contribution in [0.4, 0.5) is 0 Å². The molecule has 0 radical (unpaired) electrons. The molecule has 1 aromatic heterocycles. The van der Waals surface area contributed by atoms with Crippen molar-refractivity contribution in [3.05, 3.63) is 40.4 Å². The van der Waals surface area contributed by atoms with Crippen LogP contribution in [0.1, 0.15) is 29.1 Å². The molecule has 0 spiro atoms. The molecule has 1 aliphatic heterocycles. The number of aromatic nitrogens is 1. The van der Waals surface area contributed by atoms with Gasteiger partial charge in [0.1, 0.15) is 5.01 Å². The van der Waals surface area contributed by atoms with Gasteiger partial charge in [0.15, 0.2) is 0 Å². The van der Waals surface area contributed by atoms with E-state index >= 15 is 0 Å². The highest BCUT2D eigenvalue weighted by Gasteiger charge is 2.22. The molecule has 21 heavy (non-hydrogen) atoms. The summed E-state index contributed by atoms with van der Waals surface area (Å²) in [5.74, 6) is 0. The Hall–Kier alpha value is -1.23. The van der Waals surface area contributed by atoms with E-state index in [0.29, 0.717) is 6.04 Å². The predicted octanol–water partition coefficient (Wildman–Crippen LogP) is 3.39. The summed E-state index contributed by atoms with van der Waals surface area (Å²) in [6.45, 7) is 11.0. The molecule has 0 amide bonds. The summed E-state index contributed by atoms with van der Waals surface area (Å²) in [6, 6.07) is 9.08. The third-order valence-electron chi connectivity index (χ3n) is 4.18. The summed E-state index contributed by atoms with van der Waals surface area (Å²) in [4.78, 5) is 8.78. The zero-order chi connectivity index (χ0) is 14.8. The van der Waals surface area contributed by atoms with Gasteiger partial charge >= 0.3 is 0 Å². The van der Waals surface area contributed by atoms with Gasteiger partial charge in [0, 0.05) is 42.7 Å². The Bertz CT molecular complexity index is 614. The molecule has 2 heterocycles. The molecular weight excluding hydrogens is 278 g/mol. The van der Waals surface area contributed by atoms with E-state index in [2.05, 4.69) is 55.3 Å². The zero-order valence-electron chi connectivity index (χ0n) is 13.0. The smallest absolute Gasteiger partial charge is 0.123 e. The fourth-order valence-electron chi connectivity index (χ4n) is 2.93. The molecule has 0 bridgehead atoms. The van der Waals surface area contributed by atoms with Crippen molar-refractivity contribution in [2.75, 3.05) is 26.2 Å². The van der Waals surface area contributed by atoms with Crippen LogP contribution in [-0.4, -0.2) is 36.1 Å². The highest BCUT2D eigenvalue weighted by Crippen LogP contribution is 2.34. The number of aryl methyl sites for hydroxylation is 2. The highest BCUT2D eigenvalue weighted by atomic mass is 32.1. The van der Waals surface area contributed by atoms with Crippen molar-refractivity contribution in [2.24, 2.45) is 0 Å². The number of rotatable bonds is 3. The Labute approximate surface area is 131 Å². The van der Waals surface area contributed by atoms with Crippen molar-refractivity contribution in [1.29, 1.82) is 0 Å². The third-order valence-corrected chi connectivity index (χ3v) is 5.55. The topological polar surface area (TPSA) is 28.2 Å². The Kier molecular flexibility index (Phi) is 4.38. The van der Waals surface area contributed by atoms with Gasteiger partial charge in [-0.1, -0.05) is 23.8 Å². The summed E-state index contributed by atoms with van der Waals surface area (Å²) in [7, 11) is 0. The number of hydrogen-bond acceptors (Lipinski definition) is 4. The number of piperazine rings is 1. The van der Waals surface area contributed by atoms with Crippen LogP contribution < -0.4 is 5.32 Å². The van der Waals surface area contributed by atoms with Gasteiger partial charge in [-0.3, -0.25) is 4.90 Å². The van der Waals surface area contributed by atoms with E-state index in [9.17, 15) is 0 Å².